The van der Waals surface area contributed by atoms with Gasteiger partial charge in [0.1, 0.15) is 0 Å². The molecule has 0 aromatic rings. The van der Waals surface area contributed by atoms with Gasteiger partial charge in [-0.25, -0.2) is 0 Å². The number of carbonyl (C=O) groups is 2. The quantitative estimate of drug-likeness (QED) is 0.488. The molecule has 0 bridgehead atoms. The van der Waals surface area contributed by atoms with Crippen LogP contribution in [0.1, 0.15) is 33.1 Å². The molecule has 0 unspecified atom stereocenters. The van der Waals surface area contributed by atoms with E-state index >= 15 is 0 Å². The average Bonchev–Trinajstić information content (AvgIpc) is 2.26. The lowest BCUT2D eigenvalue weighted by Gasteiger charge is -2.06. The number of nitrogens with one attached hydrogen (secondary N) is 3. The van der Waals surface area contributed by atoms with Gasteiger partial charge >= 0.3 is 0 Å². The van der Waals surface area contributed by atoms with Crippen molar-refractivity contribution in [3.05, 3.63) is 0 Å². The first-order chi connectivity index (χ1) is 7.70. The molecule has 0 rings (SSSR count). The van der Waals surface area contributed by atoms with Gasteiger partial charge in [0.2, 0.25) is 11.8 Å². The molecule has 0 saturated carbocycles. The topological polar surface area (TPSA) is 70.2 Å². The van der Waals surface area contributed by atoms with Crippen molar-refractivity contribution in [1.82, 2.24) is 16.0 Å². The van der Waals surface area contributed by atoms with E-state index in [1.165, 1.54) is 0 Å². The lowest BCUT2D eigenvalue weighted by molar-refractivity contribution is -0.121. The van der Waals surface area contributed by atoms with Crippen LogP contribution in [-0.2, 0) is 9.59 Å². The predicted octanol–water partition coefficient (Wildman–Crippen LogP) is 0.0185. The third kappa shape index (κ3) is 9.45. The summed E-state index contributed by atoms with van der Waals surface area (Å²) in [5.41, 5.74) is 0. The van der Waals surface area contributed by atoms with E-state index in [4.69, 9.17) is 0 Å². The summed E-state index contributed by atoms with van der Waals surface area (Å²) >= 11 is 0. The van der Waals surface area contributed by atoms with Gasteiger partial charge in [-0.1, -0.05) is 13.8 Å². The Kier molecular flexibility index (Phi) is 9.70. The molecule has 5 heteroatoms. The minimum Gasteiger partial charge on any atom is -0.356 e. The summed E-state index contributed by atoms with van der Waals surface area (Å²) in [6.45, 7) is 6.31. The second-order valence-corrected chi connectivity index (χ2v) is 3.63. The van der Waals surface area contributed by atoms with Gasteiger partial charge in [0.05, 0.1) is 6.54 Å². The molecule has 0 atom stereocenters. The molecule has 0 spiro atoms. The first-order valence-electron chi connectivity index (χ1n) is 5.94. The number of rotatable bonds is 9. The average molecular weight is 229 g/mol. The molecule has 3 N–H and O–H groups in total. The van der Waals surface area contributed by atoms with Crippen LogP contribution in [0, 0.1) is 0 Å². The number of hydrogen-bond donors (Lipinski definition) is 3. The van der Waals surface area contributed by atoms with E-state index < -0.39 is 0 Å². The molecule has 0 saturated heterocycles. The molecule has 0 aromatic carbocycles. The fourth-order valence-corrected chi connectivity index (χ4v) is 1.11. The molecule has 0 heterocycles. The Hall–Kier alpha value is -1.10. The van der Waals surface area contributed by atoms with Crippen molar-refractivity contribution in [3.8, 4) is 0 Å². The van der Waals surface area contributed by atoms with Crippen LogP contribution in [0.4, 0.5) is 0 Å². The molecule has 0 aliphatic carbocycles. The molecule has 0 aromatic heterocycles. The van der Waals surface area contributed by atoms with E-state index in [9.17, 15) is 9.59 Å². The summed E-state index contributed by atoms with van der Waals surface area (Å²) in [5, 5.41) is 8.43. The minimum atomic E-state index is -0.0586. The zero-order valence-electron chi connectivity index (χ0n) is 10.3. The standard InChI is InChI=1S/C11H23N3O2/c1-3-6-12-9-11(16)14-8-5-10(15)13-7-4-2/h12H,3-9H2,1-2H3,(H,13,15)(H,14,16). The largest absolute Gasteiger partial charge is 0.356 e. The summed E-state index contributed by atoms with van der Waals surface area (Å²) in [6, 6.07) is 0. The highest BCUT2D eigenvalue weighted by Gasteiger charge is 2.02. The van der Waals surface area contributed by atoms with Gasteiger partial charge in [-0.2, -0.15) is 0 Å². The van der Waals surface area contributed by atoms with Crippen LogP contribution < -0.4 is 16.0 Å². The smallest absolute Gasteiger partial charge is 0.233 e. The van der Waals surface area contributed by atoms with Crippen molar-refractivity contribution in [1.29, 1.82) is 0 Å². The Bertz CT molecular complexity index is 207. The van der Waals surface area contributed by atoms with Crippen LogP contribution in [0.2, 0.25) is 0 Å². The van der Waals surface area contributed by atoms with E-state index in [1.54, 1.807) is 0 Å². The lowest BCUT2D eigenvalue weighted by Crippen LogP contribution is -2.36. The Morgan fingerprint density at radius 1 is 0.875 bits per heavy atom. The lowest BCUT2D eigenvalue weighted by atomic mass is 10.3. The van der Waals surface area contributed by atoms with Crippen molar-refractivity contribution >= 4 is 11.8 Å². The Balaban J connectivity index is 3.36. The maximum atomic E-state index is 11.2. The Morgan fingerprint density at radius 2 is 1.50 bits per heavy atom. The maximum absolute atomic E-state index is 11.2. The second-order valence-electron chi connectivity index (χ2n) is 3.63. The van der Waals surface area contributed by atoms with Crippen LogP contribution in [-0.4, -0.2) is 38.0 Å². The highest BCUT2D eigenvalue weighted by Crippen LogP contribution is 1.79. The summed E-state index contributed by atoms with van der Waals surface area (Å²) < 4.78 is 0. The van der Waals surface area contributed by atoms with Crippen LogP contribution >= 0.6 is 0 Å². The number of carbonyl (C=O) groups excluding carboxylic acids is 2. The van der Waals surface area contributed by atoms with Crippen LogP contribution in [0.25, 0.3) is 0 Å². The van der Waals surface area contributed by atoms with E-state index in [0.717, 1.165) is 19.4 Å². The van der Waals surface area contributed by atoms with Crippen molar-refractivity contribution < 1.29 is 9.59 Å². The molecule has 0 aliphatic rings. The first kappa shape index (κ1) is 14.9. The second kappa shape index (κ2) is 10.4. The molecule has 94 valence electrons. The molecule has 5 nitrogen and oxygen atoms in total. The zero-order valence-corrected chi connectivity index (χ0v) is 10.3. The zero-order chi connectivity index (χ0) is 12.2. The predicted molar refractivity (Wildman–Crippen MR) is 64.1 cm³/mol. The summed E-state index contributed by atoms with van der Waals surface area (Å²) in [5.74, 6) is -0.0691. The normalized spacial score (nSPS) is 9.88. The summed E-state index contributed by atoms with van der Waals surface area (Å²) in [6.07, 6.45) is 2.28. The molecular weight excluding hydrogens is 206 g/mol. The fraction of sp³-hybridized carbons (Fsp3) is 0.818. The number of amides is 2. The highest BCUT2D eigenvalue weighted by molar-refractivity contribution is 5.80. The third-order valence-corrected chi connectivity index (χ3v) is 1.96. The van der Waals surface area contributed by atoms with Gasteiger partial charge in [-0.05, 0) is 19.4 Å². The van der Waals surface area contributed by atoms with Crippen LogP contribution in [0.3, 0.4) is 0 Å². The maximum Gasteiger partial charge on any atom is 0.233 e. The van der Waals surface area contributed by atoms with E-state index in [-0.39, 0.29) is 11.8 Å². The molecule has 0 radical (unpaired) electrons. The molecule has 16 heavy (non-hydrogen) atoms. The fourth-order valence-electron chi connectivity index (χ4n) is 1.11. The van der Waals surface area contributed by atoms with Gasteiger partial charge < -0.3 is 16.0 Å². The molecule has 0 aliphatic heterocycles. The van der Waals surface area contributed by atoms with Crippen LogP contribution in [0.15, 0.2) is 0 Å². The van der Waals surface area contributed by atoms with Crippen molar-refractivity contribution in [2.24, 2.45) is 0 Å². The summed E-state index contributed by atoms with van der Waals surface area (Å²) in [4.78, 5) is 22.4. The molecular formula is C11H23N3O2. The SMILES string of the molecule is CCCNCC(=O)NCCC(=O)NCCC. The molecule has 0 fully saturated rings. The minimum absolute atomic E-state index is 0.0105. The monoisotopic (exact) mass is 229 g/mol. The van der Waals surface area contributed by atoms with Crippen LogP contribution in [0.5, 0.6) is 0 Å². The first-order valence-corrected chi connectivity index (χ1v) is 5.94. The van der Waals surface area contributed by atoms with E-state index in [0.29, 0.717) is 26.1 Å². The van der Waals surface area contributed by atoms with E-state index in [2.05, 4.69) is 16.0 Å². The van der Waals surface area contributed by atoms with Gasteiger partial charge in [0.25, 0.3) is 0 Å². The van der Waals surface area contributed by atoms with Crippen molar-refractivity contribution in [2.75, 3.05) is 26.2 Å². The Labute approximate surface area is 97.4 Å². The van der Waals surface area contributed by atoms with Crippen molar-refractivity contribution in [2.45, 2.75) is 33.1 Å². The highest BCUT2D eigenvalue weighted by atomic mass is 16.2. The van der Waals surface area contributed by atoms with E-state index in [1.807, 2.05) is 13.8 Å². The van der Waals surface area contributed by atoms with Gasteiger partial charge in [-0.3, -0.25) is 9.59 Å². The summed E-state index contributed by atoms with van der Waals surface area (Å²) in [7, 11) is 0. The number of hydrogen-bond acceptors (Lipinski definition) is 3. The van der Waals surface area contributed by atoms with Crippen molar-refractivity contribution in [3.63, 3.8) is 0 Å². The Morgan fingerprint density at radius 3 is 2.12 bits per heavy atom. The third-order valence-electron chi connectivity index (χ3n) is 1.96. The van der Waals surface area contributed by atoms with Gasteiger partial charge in [0, 0.05) is 19.5 Å². The van der Waals surface area contributed by atoms with Gasteiger partial charge in [-0.15, -0.1) is 0 Å². The molecule has 2 amide bonds. The van der Waals surface area contributed by atoms with Gasteiger partial charge in [0.15, 0.2) is 0 Å².